The van der Waals surface area contributed by atoms with Gasteiger partial charge in [0.1, 0.15) is 5.52 Å². The molecule has 2 nitrogen and oxygen atoms in total. The Balaban J connectivity index is 2.00. The summed E-state index contributed by atoms with van der Waals surface area (Å²) in [5, 5.41) is 4.25. The summed E-state index contributed by atoms with van der Waals surface area (Å²) in [7, 11) is 0. The third-order valence-electron chi connectivity index (χ3n) is 3.71. The predicted octanol–water partition coefficient (Wildman–Crippen LogP) is 5.74. The molecule has 0 aliphatic heterocycles. The van der Waals surface area contributed by atoms with Gasteiger partial charge < -0.3 is 5.32 Å². The Morgan fingerprint density at radius 3 is 2.81 bits per heavy atom. The molecule has 0 spiro atoms. The number of benzene rings is 2. The van der Waals surface area contributed by atoms with Gasteiger partial charge in [-0.15, -0.1) is 11.3 Å². The van der Waals surface area contributed by atoms with Crippen molar-refractivity contribution >= 4 is 38.8 Å². The summed E-state index contributed by atoms with van der Waals surface area (Å²) in [5.41, 5.74) is 7.56. The van der Waals surface area contributed by atoms with E-state index in [4.69, 9.17) is 11.6 Å². The molecule has 21 heavy (non-hydrogen) atoms. The average molecular weight is 317 g/mol. The summed E-state index contributed by atoms with van der Waals surface area (Å²) in [5.74, 6) is 0. The Labute approximate surface area is 133 Å². The molecule has 1 atom stereocenters. The molecule has 1 N–H and O–H groups in total. The van der Waals surface area contributed by atoms with Gasteiger partial charge in [0.25, 0.3) is 0 Å². The van der Waals surface area contributed by atoms with Crippen LogP contribution in [-0.2, 0) is 0 Å². The van der Waals surface area contributed by atoms with E-state index in [9.17, 15) is 0 Å². The van der Waals surface area contributed by atoms with Gasteiger partial charge in [-0.2, -0.15) is 0 Å². The minimum atomic E-state index is 0.176. The number of thiazole rings is 1. The summed E-state index contributed by atoms with van der Waals surface area (Å²) in [6.07, 6.45) is 0. The van der Waals surface area contributed by atoms with E-state index < -0.39 is 0 Å². The van der Waals surface area contributed by atoms with Crippen LogP contribution in [0.3, 0.4) is 0 Å². The molecule has 1 heterocycles. The second-order valence-corrected chi connectivity index (χ2v) is 6.64. The number of nitrogens with one attached hydrogen (secondary N) is 1. The second-order valence-electron chi connectivity index (χ2n) is 5.35. The lowest BCUT2D eigenvalue weighted by Gasteiger charge is -2.19. The molecule has 2 aromatic carbocycles. The summed E-state index contributed by atoms with van der Waals surface area (Å²) < 4.78 is 1.15. The Bertz CT molecular complexity index is 795. The number of rotatable bonds is 3. The number of halogens is 1. The van der Waals surface area contributed by atoms with Crippen LogP contribution in [-0.4, -0.2) is 4.98 Å². The minimum Gasteiger partial charge on any atom is -0.376 e. The number of nitrogens with zero attached hydrogens (tertiary/aromatic N) is 1. The maximum atomic E-state index is 6.36. The molecule has 0 bridgehead atoms. The van der Waals surface area contributed by atoms with Crippen LogP contribution in [0.2, 0.25) is 5.02 Å². The summed E-state index contributed by atoms with van der Waals surface area (Å²) in [6, 6.07) is 10.6. The van der Waals surface area contributed by atoms with E-state index >= 15 is 0 Å². The molecular weight excluding hydrogens is 300 g/mol. The molecule has 0 aliphatic rings. The molecule has 0 radical (unpaired) electrons. The van der Waals surface area contributed by atoms with Crippen molar-refractivity contribution in [3.8, 4) is 0 Å². The molecule has 3 aromatic rings. The number of aryl methyl sites for hydroxylation is 2. The number of anilines is 1. The zero-order valence-corrected chi connectivity index (χ0v) is 13.8. The largest absolute Gasteiger partial charge is 0.376 e. The molecule has 1 unspecified atom stereocenters. The Morgan fingerprint density at radius 1 is 1.19 bits per heavy atom. The molecule has 0 aliphatic carbocycles. The smallest absolute Gasteiger partial charge is 0.106 e. The molecule has 108 valence electrons. The minimum absolute atomic E-state index is 0.176. The molecular formula is C17H17ClN2S. The van der Waals surface area contributed by atoms with Gasteiger partial charge in [-0.1, -0.05) is 35.4 Å². The van der Waals surface area contributed by atoms with Crippen molar-refractivity contribution in [3.05, 3.63) is 57.6 Å². The number of hydrogen-bond acceptors (Lipinski definition) is 3. The third-order valence-corrected chi connectivity index (χ3v) is 4.82. The fourth-order valence-electron chi connectivity index (χ4n) is 2.56. The van der Waals surface area contributed by atoms with E-state index in [2.05, 4.69) is 49.3 Å². The first-order valence-corrected chi connectivity index (χ1v) is 8.17. The first-order chi connectivity index (χ1) is 10.1. The second kappa shape index (κ2) is 5.66. The number of fused-ring (bicyclic) bond motifs is 1. The number of aromatic nitrogens is 1. The van der Waals surface area contributed by atoms with E-state index in [0.29, 0.717) is 5.02 Å². The SMILES string of the molecule is Cc1ccc(C)c(C(C)Nc2c(Cl)ccc3scnc23)c1. The summed E-state index contributed by atoms with van der Waals surface area (Å²) >= 11 is 7.99. The van der Waals surface area contributed by atoms with E-state index in [0.717, 1.165) is 15.9 Å². The molecule has 0 saturated carbocycles. The molecule has 0 fully saturated rings. The van der Waals surface area contributed by atoms with Crippen molar-refractivity contribution in [2.24, 2.45) is 0 Å². The van der Waals surface area contributed by atoms with Crippen LogP contribution in [0.4, 0.5) is 5.69 Å². The monoisotopic (exact) mass is 316 g/mol. The van der Waals surface area contributed by atoms with Crippen LogP contribution < -0.4 is 5.32 Å². The standard InChI is InChI=1S/C17H17ClN2S/c1-10-4-5-11(2)13(8-10)12(3)20-16-14(18)6-7-15-17(16)19-9-21-15/h4-9,12,20H,1-3H3. The van der Waals surface area contributed by atoms with E-state index in [1.54, 1.807) is 11.3 Å². The topological polar surface area (TPSA) is 24.9 Å². The van der Waals surface area contributed by atoms with E-state index in [1.807, 2.05) is 17.6 Å². The van der Waals surface area contributed by atoms with Gasteiger partial charge in [0, 0.05) is 6.04 Å². The molecule has 0 saturated heterocycles. The summed E-state index contributed by atoms with van der Waals surface area (Å²) in [6.45, 7) is 6.41. The van der Waals surface area contributed by atoms with Crippen molar-refractivity contribution in [2.45, 2.75) is 26.8 Å². The van der Waals surface area contributed by atoms with Crippen LogP contribution in [0.1, 0.15) is 29.7 Å². The molecule has 1 aromatic heterocycles. The van der Waals surface area contributed by atoms with E-state index in [-0.39, 0.29) is 6.04 Å². The highest BCUT2D eigenvalue weighted by molar-refractivity contribution is 7.16. The average Bonchev–Trinajstić information content (AvgIpc) is 2.93. The lowest BCUT2D eigenvalue weighted by Crippen LogP contribution is -2.09. The lowest BCUT2D eigenvalue weighted by molar-refractivity contribution is 0.873. The van der Waals surface area contributed by atoms with E-state index in [1.165, 1.54) is 16.7 Å². The Morgan fingerprint density at radius 2 is 2.00 bits per heavy atom. The molecule has 3 rings (SSSR count). The molecule has 0 amide bonds. The van der Waals surface area contributed by atoms with Crippen molar-refractivity contribution < 1.29 is 0 Å². The van der Waals surface area contributed by atoms with Gasteiger partial charge in [-0.3, -0.25) is 0 Å². The summed E-state index contributed by atoms with van der Waals surface area (Å²) in [4.78, 5) is 4.44. The zero-order valence-electron chi connectivity index (χ0n) is 12.3. The van der Waals surface area contributed by atoms with Gasteiger partial charge >= 0.3 is 0 Å². The first-order valence-electron chi connectivity index (χ1n) is 6.91. The van der Waals surface area contributed by atoms with Crippen molar-refractivity contribution in [2.75, 3.05) is 5.32 Å². The Hall–Kier alpha value is -1.58. The van der Waals surface area contributed by atoms with Crippen LogP contribution in [0.15, 0.2) is 35.8 Å². The van der Waals surface area contributed by atoms with Crippen molar-refractivity contribution in [1.82, 2.24) is 4.98 Å². The van der Waals surface area contributed by atoms with Gasteiger partial charge in [0.2, 0.25) is 0 Å². The maximum Gasteiger partial charge on any atom is 0.106 e. The first kappa shape index (κ1) is 14.4. The van der Waals surface area contributed by atoms with Crippen molar-refractivity contribution in [1.29, 1.82) is 0 Å². The maximum absolute atomic E-state index is 6.36. The predicted molar refractivity (Wildman–Crippen MR) is 92.6 cm³/mol. The van der Waals surface area contributed by atoms with Gasteiger partial charge in [-0.25, -0.2) is 4.98 Å². The number of hydrogen-bond donors (Lipinski definition) is 1. The normalized spacial score (nSPS) is 12.6. The highest BCUT2D eigenvalue weighted by atomic mass is 35.5. The van der Waals surface area contributed by atoms with Crippen molar-refractivity contribution in [3.63, 3.8) is 0 Å². The van der Waals surface area contributed by atoms with Crippen LogP contribution in [0.25, 0.3) is 10.2 Å². The van der Waals surface area contributed by atoms with Gasteiger partial charge in [0.15, 0.2) is 0 Å². The van der Waals surface area contributed by atoms with Crippen LogP contribution in [0, 0.1) is 13.8 Å². The highest BCUT2D eigenvalue weighted by Crippen LogP contribution is 2.35. The third kappa shape index (κ3) is 2.76. The Kier molecular flexibility index (Phi) is 3.87. The quantitative estimate of drug-likeness (QED) is 0.666. The fourth-order valence-corrected chi connectivity index (χ4v) is 3.46. The van der Waals surface area contributed by atoms with Gasteiger partial charge in [-0.05, 0) is 44.0 Å². The van der Waals surface area contributed by atoms with Crippen LogP contribution >= 0.6 is 22.9 Å². The zero-order chi connectivity index (χ0) is 15.0. The highest BCUT2D eigenvalue weighted by Gasteiger charge is 2.14. The lowest BCUT2D eigenvalue weighted by atomic mass is 10.00. The van der Waals surface area contributed by atoms with Crippen LogP contribution in [0.5, 0.6) is 0 Å². The fraction of sp³-hybridized carbons (Fsp3) is 0.235. The van der Waals surface area contributed by atoms with Gasteiger partial charge in [0.05, 0.1) is 20.9 Å². The molecule has 4 heteroatoms.